The zero-order valence-corrected chi connectivity index (χ0v) is 29.2. The lowest BCUT2D eigenvalue weighted by molar-refractivity contribution is -0.141. The molecular weight excluding hydrogens is 680 g/mol. The van der Waals surface area contributed by atoms with Crippen molar-refractivity contribution < 1.29 is 48.2 Å². The Balaban J connectivity index is 1.60. The molecule has 0 unspecified atom stereocenters. The number of hydrogen-bond acceptors (Lipinski definition) is 10. The molecule has 0 saturated heterocycles. The van der Waals surface area contributed by atoms with E-state index < -0.39 is 90.1 Å². The van der Waals surface area contributed by atoms with Gasteiger partial charge in [0.25, 0.3) is 0 Å². The van der Waals surface area contributed by atoms with Crippen molar-refractivity contribution in [3.05, 3.63) is 70.1 Å². The summed E-state index contributed by atoms with van der Waals surface area (Å²) in [4.78, 5) is 100.0. The number of amides is 6. The number of carbonyl (C=O) groups excluding carboxylic acids is 6. The van der Waals surface area contributed by atoms with Crippen molar-refractivity contribution in [1.82, 2.24) is 26.6 Å². The first-order valence-electron chi connectivity index (χ1n) is 16.2. The van der Waals surface area contributed by atoms with Crippen LogP contribution in [0.3, 0.4) is 0 Å². The lowest BCUT2D eigenvalue weighted by Gasteiger charge is -2.27. The zero-order chi connectivity index (χ0) is 38.7. The van der Waals surface area contributed by atoms with Crippen molar-refractivity contribution in [2.24, 2.45) is 5.92 Å². The van der Waals surface area contributed by atoms with Crippen molar-refractivity contribution in [3.63, 3.8) is 0 Å². The van der Waals surface area contributed by atoms with Crippen LogP contribution in [-0.2, 0) is 40.0 Å². The van der Waals surface area contributed by atoms with Crippen LogP contribution < -0.4 is 37.5 Å². The molecule has 1 heterocycles. The van der Waals surface area contributed by atoms with Gasteiger partial charge in [-0.05, 0) is 55.2 Å². The van der Waals surface area contributed by atoms with E-state index in [0.717, 1.165) is 0 Å². The van der Waals surface area contributed by atoms with Gasteiger partial charge in [0.15, 0.2) is 0 Å². The quantitative estimate of drug-likeness (QED) is 0.0927. The van der Waals surface area contributed by atoms with Gasteiger partial charge in [-0.25, -0.2) is 4.79 Å². The van der Waals surface area contributed by atoms with E-state index in [1.807, 2.05) is 0 Å². The maximum Gasteiger partial charge on any atom is 0.336 e. The van der Waals surface area contributed by atoms with Gasteiger partial charge in [0.05, 0.1) is 13.0 Å². The van der Waals surface area contributed by atoms with Gasteiger partial charge in [-0.15, -0.1) is 0 Å². The van der Waals surface area contributed by atoms with E-state index in [2.05, 4.69) is 31.9 Å². The molecule has 4 atom stereocenters. The van der Waals surface area contributed by atoms with Crippen molar-refractivity contribution in [2.75, 3.05) is 11.9 Å². The molecule has 17 heteroatoms. The number of aryl methyl sites for hydroxylation is 1. The predicted molar refractivity (Wildman–Crippen MR) is 187 cm³/mol. The third kappa shape index (κ3) is 12.0. The molecule has 0 fully saturated rings. The first-order valence-corrected chi connectivity index (χ1v) is 16.2. The molecule has 0 aliphatic heterocycles. The highest BCUT2D eigenvalue weighted by Crippen LogP contribution is 2.20. The predicted octanol–water partition coefficient (Wildman–Crippen LogP) is 0.214. The van der Waals surface area contributed by atoms with E-state index in [-0.39, 0.29) is 23.4 Å². The molecule has 6 amide bonds. The first-order chi connectivity index (χ1) is 24.4. The number of nitrogens with one attached hydrogen (secondary N) is 6. The molecule has 0 bridgehead atoms. The van der Waals surface area contributed by atoms with Crippen molar-refractivity contribution >= 4 is 58.1 Å². The van der Waals surface area contributed by atoms with E-state index in [1.165, 1.54) is 38.1 Å². The highest BCUT2D eigenvalue weighted by atomic mass is 16.4. The normalized spacial score (nSPS) is 13.2. The Morgan fingerprint density at radius 3 is 2.08 bits per heavy atom. The molecule has 3 aromatic rings. The maximum absolute atomic E-state index is 13.2. The standard InChI is InChI=1S/C35H42N6O11/c1-17(2)31(41-34(50)25(38-20(5)42)13-21-6-9-23(43)10-7-21)35(51)37-19(4)32(48)40-26(15-29(45)46)33(49)36-16-28(44)39-22-8-11-24-18(3)12-30(47)52-27(24)14-22/h6-12,14,17,19,25-26,31,43H,13,15-16H2,1-5H3,(H,36,49)(H,37,51)(H,38,42)(H,39,44)(H,40,48)(H,41,50)(H,45,46)/t19-,25-,26-,31-/m0/s1. The Kier molecular flexibility index (Phi) is 14.0. The number of carbonyl (C=O) groups is 7. The fourth-order valence-corrected chi connectivity index (χ4v) is 5.06. The second-order valence-corrected chi connectivity index (χ2v) is 12.5. The summed E-state index contributed by atoms with van der Waals surface area (Å²) in [5.41, 5.74) is 1.23. The Morgan fingerprint density at radius 2 is 1.46 bits per heavy atom. The van der Waals surface area contributed by atoms with Gasteiger partial charge in [0.1, 0.15) is 35.5 Å². The van der Waals surface area contributed by atoms with Gasteiger partial charge in [-0.1, -0.05) is 26.0 Å². The number of carboxylic acids is 1. The molecule has 278 valence electrons. The van der Waals surface area contributed by atoms with Crippen LogP contribution in [0.25, 0.3) is 11.0 Å². The molecule has 0 spiro atoms. The van der Waals surface area contributed by atoms with E-state index in [0.29, 0.717) is 16.5 Å². The molecule has 0 radical (unpaired) electrons. The third-order valence-electron chi connectivity index (χ3n) is 7.74. The molecule has 0 aliphatic carbocycles. The average Bonchev–Trinajstić information content (AvgIpc) is 3.05. The Labute approximate surface area is 297 Å². The van der Waals surface area contributed by atoms with E-state index in [4.69, 9.17) is 4.42 Å². The molecule has 1 aromatic heterocycles. The molecule has 2 aromatic carbocycles. The maximum atomic E-state index is 13.2. The van der Waals surface area contributed by atoms with Crippen molar-refractivity contribution in [2.45, 2.75) is 71.6 Å². The number of phenolic OH excluding ortho intramolecular Hbond substituents is 1. The Hall–Kier alpha value is -6.26. The minimum atomic E-state index is -1.63. The fourth-order valence-electron chi connectivity index (χ4n) is 5.06. The summed E-state index contributed by atoms with van der Waals surface area (Å²) in [6.45, 7) is 6.93. The lowest BCUT2D eigenvalue weighted by atomic mass is 10.0. The van der Waals surface area contributed by atoms with Crippen LogP contribution in [0.5, 0.6) is 5.75 Å². The van der Waals surface area contributed by atoms with Crippen LogP contribution in [0.15, 0.2) is 57.7 Å². The monoisotopic (exact) mass is 722 g/mol. The second kappa shape index (κ2) is 18.1. The summed E-state index contributed by atoms with van der Waals surface area (Å²) >= 11 is 0. The van der Waals surface area contributed by atoms with Gasteiger partial charge < -0.3 is 46.5 Å². The summed E-state index contributed by atoms with van der Waals surface area (Å²) < 4.78 is 5.16. The van der Waals surface area contributed by atoms with Gasteiger partial charge in [-0.2, -0.15) is 0 Å². The second-order valence-electron chi connectivity index (χ2n) is 12.5. The molecule has 17 nitrogen and oxygen atoms in total. The number of aromatic hydroxyl groups is 1. The molecule has 8 N–H and O–H groups in total. The number of fused-ring (bicyclic) bond motifs is 1. The van der Waals surface area contributed by atoms with Gasteiger partial charge in [-0.3, -0.25) is 33.6 Å². The minimum absolute atomic E-state index is 0.0170. The average molecular weight is 723 g/mol. The summed E-state index contributed by atoms with van der Waals surface area (Å²) in [5.74, 6) is -6.46. The van der Waals surface area contributed by atoms with E-state index in [1.54, 1.807) is 45.0 Å². The number of phenols is 1. The largest absolute Gasteiger partial charge is 0.508 e. The van der Waals surface area contributed by atoms with E-state index >= 15 is 0 Å². The fraction of sp³-hybridized carbons (Fsp3) is 0.371. The SMILES string of the molecule is CC(=O)N[C@@H](Cc1ccc(O)cc1)C(=O)N[C@H](C(=O)N[C@@H](C)C(=O)N[C@@H](CC(=O)O)C(=O)NCC(=O)Nc1ccc2c(C)cc(=O)oc2c1)C(C)C. The number of anilines is 1. The Morgan fingerprint density at radius 1 is 0.788 bits per heavy atom. The number of rotatable bonds is 16. The topological polar surface area (TPSA) is 262 Å². The van der Waals surface area contributed by atoms with Gasteiger partial charge >= 0.3 is 11.6 Å². The first kappa shape index (κ1) is 40.2. The summed E-state index contributed by atoms with van der Waals surface area (Å²) in [7, 11) is 0. The van der Waals surface area contributed by atoms with Gasteiger partial charge in [0, 0.05) is 36.6 Å². The number of benzene rings is 2. The van der Waals surface area contributed by atoms with Crippen molar-refractivity contribution in [3.8, 4) is 5.75 Å². The molecule has 0 saturated carbocycles. The molecule has 0 aliphatic rings. The Bertz CT molecular complexity index is 1890. The molecular formula is C35H42N6O11. The highest BCUT2D eigenvalue weighted by molar-refractivity contribution is 5.99. The number of carboxylic acid groups (broad SMARTS) is 1. The van der Waals surface area contributed by atoms with Crippen LogP contribution in [0.4, 0.5) is 5.69 Å². The highest BCUT2D eigenvalue weighted by Gasteiger charge is 2.32. The molecule has 3 rings (SSSR count). The third-order valence-corrected chi connectivity index (χ3v) is 7.74. The van der Waals surface area contributed by atoms with Crippen LogP contribution in [0.1, 0.15) is 45.2 Å². The van der Waals surface area contributed by atoms with Crippen LogP contribution in [-0.4, -0.2) is 82.3 Å². The smallest absolute Gasteiger partial charge is 0.336 e. The van der Waals surface area contributed by atoms with Crippen LogP contribution in [0.2, 0.25) is 0 Å². The summed E-state index contributed by atoms with van der Waals surface area (Å²) in [5, 5.41) is 34.2. The molecule has 52 heavy (non-hydrogen) atoms. The zero-order valence-electron chi connectivity index (χ0n) is 29.2. The summed E-state index contributed by atoms with van der Waals surface area (Å²) in [6, 6.07) is 6.78. The number of hydrogen-bond donors (Lipinski definition) is 8. The van der Waals surface area contributed by atoms with Gasteiger partial charge in [0.2, 0.25) is 35.4 Å². The minimum Gasteiger partial charge on any atom is -0.508 e. The lowest BCUT2D eigenvalue weighted by Crippen LogP contribution is -2.59. The van der Waals surface area contributed by atoms with Crippen LogP contribution in [0, 0.1) is 12.8 Å². The summed E-state index contributed by atoms with van der Waals surface area (Å²) in [6.07, 6.45) is -0.798. The van der Waals surface area contributed by atoms with Crippen LogP contribution >= 0.6 is 0 Å². The van der Waals surface area contributed by atoms with E-state index in [9.17, 15) is 48.6 Å². The number of aliphatic carboxylic acids is 1. The van der Waals surface area contributed by atoms with Crippen molar-refractivity contribution in [1.29, 1.82) is 0 Å².